The Morgan fingerprint density at radius 2 is 1.87 bits per heavy atom. The molecule has 8 heteroatoms. The molecule has 0 spiro atoms. The van der Waals surface area contributed by atoms with Crippen LogP contribution in [0.4, 0.5) is 13.2 Å². The van der Waals surface area contributed by atoms with Crippen molar-refractivity contribution in [3.05, 3.63) is 29.3 Å². The summed E-state index contributed by atoms with van der Waals surface area (Å²) < 4.78 is 41.4. The van der Waals surface area contributed by atoms with Gasteiger partial charge in [-0.15, -0.1) is 25.6 Å². The first-order valence-electron chi connectivity index (χ1n) is 7.10. The van der Waals surface area contributed by atoms with Gasteiger partial charge in [0.15, 0.2) is 0 Å². The molecule has 1 amide bonds. The van der Waals surface area contributed by atoms with Crippen LogP contribution in [0.5, 0.6) is 5.75 Å². The van der Waals surface area contributed by atoms with E-state index in [1.54, 1.807) is 6.07 Å². The second-order valence-corrected chi connectivity index (χ2v) is 5.53. The standard InChI is InChI=1S/C15H19F3N2O2.ClH/c1-20(2)14(21)12-9-11(10-5-7-19-8-6-10)3-4-13(12)22-15(16,17)18;/h3-4,9-10,19H,5-8H2,1-2H3;1H. The van der Waals surface area contributed by atoms with Gasteiger partial charge in [0.05, 0.1) is 5.56 Å². The third kappa shape index (κ3) is 5.28. The molecule has 0 atom stereocenters. The van der Waals surface area contributed by atoms with Crippen molar-refractivity contribution >= 4 is 18.3 Å². The fourth-order valence-electron chi connectivity index (χ4n) is 2.58. The second kappa shape index (κ2) is 7.88. The molecule has 1 fully saturated rings. The summed E-state index contributed by atoms with van der Waals surface area (Å²) in [6.07, 6.45) is -3.03. The predicted molar refractivity (Wildman–Crippen MR) is 83.2 cm³/mol. The molecule has 4 nitrogen and oxygen atoms in total. The van der Waals surface area contributed by atoms with Crippen LogP contribution in [-0.2, 0) is 0 Å². The van der Waals surface area contributed by atoms with E-state index in [0.717, 1.165) is 31.5 Å². The zero-order chi connectivity index (χ0) is 16.3. The minimum atomic E-state index is -4.82. The molecule has 2 rings (SSSR count). The van der Waals surface area contributed by atoms with Gasteiger partial charge in [-0.2, -0.15) is 0 Å². The Morgan fingerprint density at radius 3 is 2.39 bits per heavy atom. The van der Waals surface area contributed by atoms with Gasteiger partial charge in [0, 0.05) is 14.1 Å². The van der Waals surface area contributed by atoms with Crippen molar-refractivity contribution in [1.82, 2.24) is 10.2 Å². The smallest absolute Gasteiger partial charge is 0.405 e. The number of piperidine rings is 1. The number of amides is 1. The zero-order valence-corrected chi connectivity index (χ0v) is 13.8. The molecule has 1 saturated heterocycles. The van der Waals surface area contributed by atoms with Crippen LogP contribution in [-0.4, -0.2) is 44.4 Å². The molecule has 1 aromatic carbocycles. The van der Waals surface area contributed by atoms with Crippen molar-refractivity contribution < 1.29 is 22.7 Å². The minimum absolute atomic E-state index is 0. The van der Waals surface area contributed by atoms with Crippen molar-refractivity contribution in [2.45, 2.75) is 25.1 Å². The van der Waals surface area contributed by atoms with Gasteiger partial charge >= 0.3 is 6.36 Å². The van der Waals surface area contributed by atoms with Crippen molar-refractivity contribution in [2.75, 3.05) is 27.2 Å². The van der Waals surface area contributed by atoms with E-state index in [1.165, 1.54) is 31.1 Å². The van der Waals surface area contributed by atoms with Crippen LogP contribution in [0.3, 0.4) is 0 Å². The van der Waals surface area contributed by atoms with E-state index >= 15 is 0 Å². The maximum absolute atomic E-state index is 12.5. The second-order valence-electron chi connectivity index (χ2n) is 5.53. The lowest BCUT2D eigenvalue weighted by Gasteiger charge is -2.24. The number of rotatable bonds is 3. The molecule has 0 unspecified atom stereocenters. The van der Waals surface area contributed by atoms with Crippen LogP contribution >= 0.6 is 12.4 Å². The highest BCUT2D eigenvalue weighted by molar-refractivity contribution is 5.96. The molecule has 23 heavy (non-hydrogen) atoms. The number of benzene rings is 1. The van der Waals surface area contributed by atoms with Gasteiger partial charge in [0.25, 0.3) is 5.91 Å². The fraction of sp³-hybridized carbons (Fsp3) is 0.533. The molecule has 1 N–H and O–H groups in total. The number of hydrogen-bond donors (Lipinski definition) is 1. The van der Waals surface area contributed by atoms with Crippen molar-refractivity contribution in [1.29, 1.82) is 0 Å². The average Bonchev–Trinajstić information content (AvgIpc) is 2.46. The van der Waals surface area contributed by atoms with Gasteiger partial charge in [-0.1, -0.05) is 6.07 Å². The summed E-state index contributed by atoms with van der Waals surface area (Å²) in [7, 11) is 2.99. The first kappa shape index (κ1) is 19.6. The van der Waals surface area contributed by atoms with E-state index in [4.69, 9.17) is 0 Å². The topological polar surface area (TPSA) is 41.6 Å². The van der Waals surface area contributed by atoms with Crippen LogP contribution in [0, 0.1) is 0 Å². The summed E-state index contributed by atoms with van der Waals surface area (Å²) in [5, 5.41) is 3.23. The third-order valence-corrected chi connectivity index (χ3v) is 3.68. The van der Waals surface area contributed by atoms with Gasteiger partial charge in [0.2, 0.25) is 0 Å². The van der Waals surface area contributed by atoms with Crippen molar-refractivity contribution in [3.8, 4) is 5.75 Å². The molecule has 0 bridgehead atoms. The Kier molecular flexibility index (Phi) is 6.70. The van der Waals surface area contributed by atoms with Gasteiger partial charge < -0.3 is 15.0 Å². The lowest BCUT2D eigenvalue weighted by Crippen LogP contribution is -2.27. The zero-order valence-electron chi connectivity index (χ0n) is 12.9. The van der Waals surface area contributed by atoms with Crippen molar-refractivity contribution in [3.63, 3.8) is 0 Å². The van der Waals surface area contributed by atoms with Crippen LogP contribution in [0.15, 0.2) is 18.2 Å². The number of halogens is 4. The summed E-state index contributed by atoms with van der Waals surface area (Å²) in [5.41, 5.74) is 0.819. The molecular weight excluding hydrogens is 333 g/mol. The number of nitrogens with zero attached hydrogens (tertiary/aromatic N) is 1. The Bertz CT molecular complexity index is 544. The van der Waals surface area contributed by atoms with Gasteiger partial charge in [0.1, 0.15) is 5.75 Å². The molecule has 0 saturated carbocycles. The summed E-state index contributed by atoms with van der Waals surface area (Å²) in [6.45, 7) is 1.73. The monoisotopic (exact) mass is 352 g/mol. The highest BCUT2D eigenvalue weighted by Gasteiger charge is 2.33. The SMILES string of the molecule is CN(C)C(=O)c1cc(C2CCNCC2)ccc1OC(F)(F)F.Cl. The van der Waals surface area contributed by atoms with Gasteiger partial charge in [-0.25, -0.2) is 0 Å². The van der Waals surface area contributed by atoms with Crippen LogP contribution in [0.1, 0.15) is 34.7 Å². The average molecular weight is 353 g/mol. The molecule has 0 radical (unpaired) electrons. The number of alkyl halides is 3. The number of hydrogen-bond acceptors (Lipinski definition) is 3. The highest BCUT2D eigenvalue weighted by Crippen LogP contribution is 2.32. The fourth-order valence-corrected chi connectivity index (χ4v) is 2.58. The Labute approximate surface area is 139 Å². The number of carbonyl (C=O) groups is 1. The first-order valence-corrected chi connectivity index (χ1v) is 7.10. The molecule has 1 aliphatic heterocycles. The van der Waals surface area contributed by atoms with Crippen molar-refractivity contribution in [2.24, 2.45) is 0 Å². The quantitative estimate of drug-likeness (QED) is 0.908. The van der Waals surface area contributed by atoms with Gasteiger partial charge in [-0.3, -0.25) is 4.79 Å². The largest absolute Gasteiger partial charge is 0.573 e. The van der Waals surface area contributed by atoms with E-state index in [0.29, 0.717) is 0 Å². The maximum atomic E-state index is 12.5. The molecule has 0 aliphatic carbocycles. The molecule has 1 aliphatic rings. The summed E-state index contributed by atoms with van der Waals surface area (Å²) in [5.74, 6) is -0.714. The molecule has 1 aromatic rings. The molecule has 130 valence electrons. The Morgan fingerprint density at radius 1 is 1.26 bits per heavy atom. The number of nitrogens with one attached hydrogen (secondary N) is 1. The van der Waals surface area contributed by atoms with Gasteiger partial charge in [-0.05, 0) is 49.5 Å². The third-order valence-electron chi connectivity index (χ3n) is 3.68. The Balaban J connectivity index is 0.00000264. The minimum Gasteiger partial charge on any atom is -0.405 e. The number of ether oxygens (including phenoxy) is 1. The van der Waals surface area contributed by atoms with Crippen LogP contribution in [0.2, 0.25) is 0 Å². The summed E-state index contributed by atoms with van der Waals surface area (Å²) in [4.78, 5) is 13.4. The molecule has 1 heterocycles. The number of carbonyl (C=O) groups excluding carboxylic acids is 1. The lowest BCUT2D eigenvalue weighted by atomic mass is 9.89. The van der Waals surface area contributed by atoms with E-state index < -0.39 is 18.0 Å². The normalized spacial score (nSPS) is 15.7. The summed E-state index contributed by atoms with van der Waals surface area (Å²) >= 11 is 0. The van der Waals surface area contributed by atoms with E-state index in [1.807, 2.05) is 0 Å². The van der Waals surface area contributed by atoms with Crippen LogP contribution in [0.25, 0.3) is 0 Å². The van der Waals surface area contributed by atoms with E-state index in [2.05, 4.69) is 10.1 Å². The highest BCUT2D eigenvalue weighted by atomic mass is 35.5. The maximum Gasteiger partial charge on any atom is 0.573 e. The van der Waals surface area contributed by atoms with E-state index in [9.17, 15) is 18.0 Å². The first-order chi connectivity index (χ1) is 10.3. The molecular formula is C15H20ClF3N2O2. The Hall–Kier alpha value is -1.47. The molecule has 0 aromatic heterocycles. The van der Waals surface area contributed by atoms with E-state index in [-0.39, 0.29) is 23.9 Å². The predicted octanol–water partition coefficient (Wildman–Crippen LogP) is 3.18. The van der Waals surface area contributed by atoms with Crippen LogP contribution < -0.4 is 10.1 Å². The summed E-state index contributed by atoms with van der Waals surface area (Å²) in [6, 6.07) is 4.38. The lowest BCUT2D eigenvalue weighted by molar-refractivity contribution is -0.274.